The highest BCUT2D eigenvalue weighted by molar-refractivity contribution is 6.39. The lowest BCUT2D eigenvalue weighted by Crippen LogP contribution is -2.15. The van der Waals surface area contributed by atoms with Crippen molar-refractivity contribution in [3.8, 4) is 5.75 Å². The first-order valence-corrected chi connectivity index (χ1v) is 8.89. The summed E-state index contributed by atoms with van der Waals surface area (Å²) in [6, 6.07) is 12.9. The van der Waals surface area contributed by atoms with Crippen LogP contribution < -0.4 is 0 Å². The van der Waals surface area contributed by atoms with E-state index in [1.54, 1.807) is 19.2 Å². The van der Waals surface area contributed by atoms with Gasteiger partial charge in [-0.3, -0.25) is 4.79 Å². The van der Waals surface area contributed by atoms with Gasteiger partial charge < -0.3 is 19.5 Å². The molecule has 0 bridgehead atoms. The fourth-order valence-electron chi connectivity index (χ4n) is 3.09. The lowest BCUT2D eigenvalue weighted by atomic mass is 10.1. The van der Waals surface area contributed by atoms with E-state index in [0.717, 1.165) is 17.2 Å². The number of aromatic nitrogens is 1. The van der Waals surface area contributed by atoms with Crippen molar-refractivity contribution in [3.05, 3.63) is 71.4 Å². The minimum absolute atomic E-state index is 0.0282. The molecule has 1 heterocycles. The van der Waals surface area contributed by atoms with Crippen LogP contribution >= 0.6 is 0 Å². The highest BCUT2D eigenvalue weighted by Gasteiger charge is 2.19. The van der Waals surface area contributed by atoms with Crippen molar-refractivity contribution in [2.24, 2.45) is 0 Å². The van der Waals surface area contributed by atoms with Crippen LogP contribution in [-0.2, 0) is 20.9 Å². The third-order valence-corrected chi connectivity index (χ3v) is 4.51. The summed E-state index contributed by atoms with van der Waals surface area (Å²) in [7, 11) is 0. The number of aliphatic hydroxyl groups excluding tert-OH is 1. The second kappa shape index (κ2) is 8.00. The number of carbonyl (C=O) groups excluding carboxylic acids is 2. The van der Waals surface area contributed by atoms with Gasteiger partial charge >= 0.3 is 5.97 Å². The molecule has 2 N–H and O–H groups in total. The average Bonchev–Trinajstić information content (AvgIpc) is 3.04. The van der Waals surface area contributed by atoms with Crippen molar-refractivity contribution in [1.82, 2.24) is 4.57 Å². The van der Waals surface area contributed by atoms with Crippen molar-refractivity contribution in [3.63, 3.8) is 0 Å². The number of carbonyl (C=O) groups is 2. The molecule has 0 atom stereocenters. The molecule has 144 valence electrons. The summed E-state index contributed by atoms with van der Waals surface area (Å²) in [4.78, 5) is 23.4. The number of fused-ring (bicyclic) bond motifs is 1. The third kappa shape index (κ3) is 3.76. The Morgan fingerprint density at radius 1 is 1.14 bits per heavy atom. The largest absolute Gasteiger partial charge is 0.507 e. The van der Waals surface area contributed by atoms with Gasteiger partial charge in [-0.25, -0.2) is 4.79 Å². The van der Waals surface area contributed by atoms with Gasteiger partial charge in [-0.05, 0) is 37.1 Å². The number of phenolic OH excluding ortho intramolecular Hbond substituents is 1. The van der Waals surface area contributed by atoms with Crippen molar-refractivity contribution in [2.75, 3.05) is 6.61 Å². The molecular weight excluding hydrogens is 358 g/mol. The topological polar surface area (TPSA) is 88.8 Å². The summed E-state index contributed by atoms with van der Waals surface area (Å²) >= 11 is 0. The Kier molecular flexibility index (Phi) is 5.49. The Morgan fingerprint density at radius 2 is 1.89 bits per heavy atom. The number of aromatic hydroxyl groups is 1. The maximum absolute atomic E-state index is 11.9. The first-order chi connectivity index (χ1) is 13.4. The number of ketones is 1. The summed E-state index contributed by atoms with van der Waals surface area (Å²) in [5, 5.41) is 21.2. The predicted molar refractivity (Wildman–Crippen MR) is 106 cm³/mol. The van der Waals surface area contributed by atoms with Crippen LogP contribution in [0.1, 0.15) is 23.6 Å². The van der Waals surface area contributed by atoms with Crippen molar-refractivity contribution in [2.45, 2.75) is 20.4 Å². The Balaban J connectivity index is 2.07. The van der Waals surface area contributed by atoms with E-state index in [-0.39, 0.29) is 17.9 Å². The van der Waals surface area contributed by atoms with E-state index in [1.807, 2.05) is 41.8 Å². The minimum atomic E-state index is -1.04. The van der Waals surface area contributed by atoms with Crippen molar-refractivity contribution < 1.29 is 24.5 Å². The van der Waals surface area contributed by atoms with E-state index >= 15 is 0 Å². The molecule has 0 aliphatic heterocycles. The molecule has 3 rings (SSSR count). The Bertz CT molecular complexity index is 1080. The quantitative estimate of drug-likeness (QED) is 0.295. The van der Waals surface area contributed by atoms with Gasteiger partial charge in [-0.15, -0.1) is 0 Å². The van der Waals surface area contributed by atoms with Crippen LogP contribution in [0.5, 0.6) is 5.75 Å². The standard InChI is InChI=1S/C22H21NO5/c1-3-28-22(27)20(26)11-19(25)16-13-23(12-15-8-5-4-7-14(15)2)17-9-6-10-18(24)21(16)17/h4-11,13,24-25H,3,12H2,1-2H3. The molecule has 28 heavy (non-hydrogen) atoms. The molecular formula is C22H21NO5. The average molecular weight is 379 g/mol. The highest BCUT2D eigenvalue weighted by Crippen LogP contribution is 2.33. The molecule has 0 radical (unpaired) electrons. The van der Waals surface area contributed by atoms with Gasteiger partial charge in [0.1, 0.15) is 11.5 Å². The van der Waals surface area contributed by atoms with E-state index in [2.05, 4.69) is 4.74 Å². The van der Waals surface area contributed by atoms with Gasteiger partial charge in [0, 0.05) is 24.4 Å². The predicted octanol–water partition coefficient (Wildman–Crippen LogP) is 3.73. The minimum Gasteiger partial charge on any atom is -0.507 e. The first-order valence-electron chi connectivity index (χ1n) is 8.89. The first kappa shape index (κ1) is 19.2. The zero-order chi connectivity index (χ0) is 20.3. The van der Waals surface area contributed by atoms with E-state index in [4.69, 9.17) is 0 Å². The molecule has 0 amide bonds. The number of aliphatic hydroxyl groups is 1. The maximum atomic E-state index is 11.9. The summed E-state index contributed by atoms with van der Waals surface area (Å²) in [5.74, 6) is -2.44. The van der Waals surface area contributed by atoms with E-state index in [9.17, 15) is 19.8 Å². The summed E-state index contributed by atoms with van der Waals surface area (Å²) < 4.78 is 6.53. The number of benzene rings is 2. The number of esters is 1. The van der Waals surface area contributed by atoms with E-state index in [1.165, 1.54) is 6.07 Å². The number of phenols is 1. The van der Waals surface area contributed by atoms with Gasteiger partial charge in [0.2, 0.25) is 0 Å². The van der Waals surface area contributed by atoms with Crippen LogP contribution in [0.2, 0.25) is 0 Å². The Labute approximate surface area is 162 Å². The summed E-state index contributed by atoms with van der Waals surface area (Å²) in [6.45, 7) is 4.18. The van der Waals surface area contributed by atoms with Crippen LogP contribution in [-0.4, -0.2) is 33.1 Å². The fraction of sp³-hybridized carbons (Fsp3) is 0.182. The molecule has 6 nitrogen and oxygen atoms in total. The Hall–Kier alpha value is -3.54. The number of hydrogen-bond donors (Lipinski definition) is 2. The van der Waals surface area contributed by atoms with Crippen molar-refractivity contribution >= 4 is 28.4 Å². The van der Waals surface area contributed by atoms with Crippen LogP contribution in [0.25, 0.3) is 16.7 Å². The van der Waals surface area contributed by atoms with Crippen LogP contribution in [0, 0.1) is 6.92 Å². The fourth-order valence-corrected chi connectivity index (χ4v) is 3.09. The molecule has 0 unspecified atom stereocenters. The number of ether oxygens (including phenoxy) is 1. The second-order valence-corrected chi connectivity index (χ2v) is 6.38. The number of aryl methyl sites for hydroxylation is 1. The van der Waals surface area contributed by atoms with E-state index in [0.29, 0.717) is 17.4 Å². The number of rotatable bonds is 6. The highest BCUT2D eigenvalue weighted by atomic mass is 16.5. The summed E-state index contributed by atoms with van der Waals surface area (Å²) in [6.07, 6.45) is 2.47. The van der Waals surface area contributed by atoms with Crippen LogP contribution in [0.3, 0.4) is 0 Å². The molecule has 0 spiro atoms. The molecule has 1 aromatic heterocycles. The van der Waals surface area contributed by atoms with Gasteiger partial charge in [0.05, 0.1) is 17.5 Å². The van der Waals surface area contributed by atoms with Gasteiger partial charge in [0.15, 0.2) is 0 Å². The molecule has 6 heteroatoms. The monoisotopic (exact) mass is 379 g/mol. The number of hydrogen-bond acceptors (Lipinski definition) is 5. The van der Waals surface area contributed by atoms with Gasteiger partial charge in [0.25, 0.3) is 5.78 Å². The maximum Gasteiger partial charge on any atom is 0.379 e. The molecule has 0 saturated carbocycles. The zero-order valence-corrected chi connectivity index (χ0v) is 15.7. The molecule has 0 fully saturated rings. The van der Waals surface area contributed by atoms with Crippen molar-refractivity contribution in [1.29, 1.82) is 0 Å². The molecule has 3 aromatic rings. The lowest BCUT2D eigenvalue weighted by molar-refractivity contribution is -0.151. The SMILES string of the molecule is CCOC(=O)C(=O)C=C(O)c1cn(Cc2ccccc2C)c2cccc(O)c12. The molecule has 0 aliphatic rings. The van der Waals surface area contributed by atoms with Crippen LogP contribution in [0.15, 0.2) is 54.7 Å². The second-order valence-electron chi connectivity index (χ2n) is 6.38. The zero-order valence-electron chi connectivity index (χ0n) is 15.7. The Morgan fingerprint density at radius 3 is 2.61 bits per heavy atom. The van der Waals surface area contributed by atoms with Gasteiger partial charge in [-0.1, -0.05) is 30.3 Å². The normalized spacial score (nSPS) is 11.6. The van der Waals surface area contributed by atoms with Gasteiger partial charge in [-0.2, -0.15) is 0 Å². The summed E-state index contributed by atoms with van der Waals surface area (Å²) in [5.41, 5.74) is 3.16. The smallest absolute Gasteiger partial charge is 0.379 e. The molecule has 0 aliphatic carbocycles. The van der Waals surface area contributed by atoms with Crippen LogP contribution in [0.4, 0.5) is 0 Å². The lowest BCUT2D eigenvalue weighted by Gasteiger charge is -2.08. The van der Waals surface area contributed by atoms with E-state index < -0.39 is 17.5 Å². The molecule has 2 aromatic carbocycles. The molecule has 0 saturated heterocycles. The number of nitrogens with zero attached hydrogens (tertiary/aromatic N) is 1. The third-order valence-electron chi connectivity index (χ3n) is 4.51.